The Labute approximate surface area is 159 Å². The van der Waals surface area contributed by atoms with Crippen LogP contribution < -0.4 is 4.31 Å². The highest BCUT2D eigenvalue weighted by Crippen LogP contribution is 2.31. The molecule has 1 atom stereocenters. The molecular formula is C19H21ClN2O3S. The van der Waals surface area contributed by atoms with Crippen LogP contribution in [0.25, 0.3) is 0 Å². The van der Waals surface area contributed by atoms with Gasteiger partial charge in [-0.1, -0.05) is 23.7 Å². The molecule has 138 valence electrons. The molecule has 7 heteroatoms. The summed E-state index contributed by atoms with van der Waals surface area (Å²) in [6.07, 6.45) is 1.81. The van der Waals surface area contributed by atoms with Gasteiger partial charge in [0.25, 0.3) is 5.91 Å². The predicted octanol–water partition coefficient (Wildman–Crippen LogP) is 3.50. The predicted molar refractivity (Wildman–Crippen MR) is 104 cm³/mol. The number of carbonyl (C=O) groups is 1. The number of sulfonamides is 1. The van der Waals surface area contributed by atoms with E-state index in [1.165, 1.54) is 10.6 Å². The molecule has 1 aliphatic rings. The molecule has 26 heavy (non-hydrogen) atoms. The van der Waals surface area contributed by atoms with Crippen molar-refractivity contribution in [3.05, 3.63) is 64.2 Å². The average Bonchev–Trinajstić information content (AvgIpc) is 3.04. The lowest BCUT2D eigenvalue weighted by Crippen LogP contribution is -2.30. The van der Waals surface area contributed by atoms with Gasteiger partial charge in [0.05, 0.1) is 18.0 Å². The van der Waals surface area contributed by atoms with E-state index in [0.29, 0.717) is 29.2 Å². The van der Waals surface area contributed by atoms with Crippen LogP contribution in [0.3, 0.4) is 0 Å². The first-order valence-corrected chi connectivity index (χ1v) is 10.5. The van der Waals surface area contributed by atoms with Gasteiger partial charge >= 0.3 is 0 Å². The molecule has 0 spiro atoms. The molecule has 0 saturated heterocycles. The lowest BCUT2D eigenvalue weighted by molar-refractivity contribution is 0.0742. The highest BCUT2D eigenvalue weighted by atomic mass is 35.5. The highest BCUT2D eigenvalue weighted by molar-refractivity contribution is 7.92. The summed E-state index contributed by atoms with van der Waals surface area (Å²) >= 11 is 5.92. The molecule has 0 aromatic heterocycles. The van der Waals surface area contributed by atoms with Crippen molar-refractivity contribution < 1.29 is 13.2 Å². The lowest BCUT2D eigenvalue weighted by atomic mass is 10.0. The summed E-state index contributed by atoms with van der Waals surface area (Å²) in [5.74, 6) is -0.104. The Balaban J connectivity index is 1.83. The molecule has 1 amide bonds. The molecule has 3 rings (SSSR count). The van der Waals surface area contributed by atoms with Gasteiger partial charge in [-0.3, -0.25) is 9.10 Å². The van der Waals surface area contributed by atoms with Gasteiger partial charge in [0.2, 0.25) is 10.0 Å². The molecule has 1 heterocycles. The zero-order chi connectivity index (χ0) is 19.1. The van der Waals surface area contributed by atoms with Crippen molar-refractivity contribution in [2.24, 2.45) is 0 Å². The molecular weight excluding hydrogens is 372 g/mol. The van der Waals surface area contributed by atoms with Gasteiger partial charge in [0, 0.05) is 24.2 Å². The van der Waals surface area contributed by atoms with Crippen LogP contribution in [0.4, 0.5) is 5.69 Å². The molecule has 5 nitrogen and oxygen atoms in total. The molecule has 0 N–H and O–H groups in total. The van der Waals surface area contributed by atoms with E-state index in [4.69, 9.17) is 11.6 Å². The van der Waals surface area contributed by atoms with Crippen LogP contribution in [0.5, 0.6) is 0 Å². The third-order valence-corrected chi connectivity index (χ3v) is 6.27. The third kappa shape index (κ3) is 3.57. The summed E-state index contributed by atoms with van der Waals surface area (Å²) in [7, 11) is -1.53. The Morgan fingerprint density at radius 3 is 2.46 bits per heavy atom. The van der Waals surface area contributed by atoms with Crippen LogP contribution in [0.15, 0.2) is 42.5 Å². The fourth-order valence-corrected chi connectivity index (χ4v) is 4.28. The van der Waals surface area contributed by atoms with Crippen LogP contribution in [-0.2, 0) is 16.4 Å². The molecule has 1 aliphatic heterocycles. The maximum absolute atomic E-state index is 12.9. The number of hydrogen-bond donors (Lipinski definition) is 0. The summed E-state index contributed by atoms with van der Waals surface area (Å²) < 4.78 is 25.1. The SMILES string of the molecule is CC(c1ccc(Cl)cc1)N(C)C(=O)c1ccc2c(c1)CCN2S(C)(=O)=O. The second kappa shape index (κ2) is 6.93. The zero-order valence-electron chi connectivity index (χ0n) is 14.9. The topological polar surface area (TPSA) is 57.7 Å². The Morgan fingerprint density at radius 1 is 1.19 bits per heavy atom. The number of benzene rings is 2. The summed E-state index contributed by atoms with van der Waals surface area (Å²) in [5.41, 5.74) is 3.10. The molecule has 2 aromatic rings. The summed E-state index contributed by atoms with van der Waals surface area (Å²) in [6.45, 7) is 2.38. The van der Waals surface area contributed by atoms with Gasteiger partial charge in [-0.25, -0.2) is 8.42 Å². The maximum atomic E-state index is 12.9. The molecule has 2 aromatic carbocycles. The maximum Gasteiger partial charge on any atom is 0.254 e. The fourth-order valence-electron chi connectivity index (χ4n) is 3.19. The molecule has 0 bridgehead atoms. The largest absolute Gasteiger partial charge is 0.335 e. The minimum Gasteiger partial charge on any atom is -0.335 e. The van der Waals surface area contributed by atoms with Crippen LogP contribution in [-0.4, -0.2) is 39.1 Å². The van der Waals surface area contributed by atoms with Gasteiger partial charge in [-0.15, -0.1) is 0 Å². The molecule has 0 aliphatic carbocycles. The first-order chi connectivity index (χ1) is 12.2. The van der Waals surface area contributed by atoms with E-state index in [0.717, 1.165) is 11.1 Å². The van der Waals surface area contributed by atoms with Gasteiger partial charge in [-0.2, -0.15) is 0 Å². The normalized spacial score (nSPS) is 14.8. The molecule has 0 saturated carbocycles. The second-order valence-corrected chi connectivity index (χ2v) is 8.92. The van der Waals surface area contributed by atoms with Crippen molar-refractivity contribution >= 4 is 33.2 Å². The van der Waals surface area contributed by atoms with Crippen LogP contribution >= 0.6 is 11.6 Å². The third-order valence-electron chi connectivity index (χ3n) is 4.83. The van der Waals surface area contributed by atoms with E-state index < -0.39 is 10.0 Å². The number of rotatable bonds is 4. The summed E-state index contributed by atoms with van der Waals surface area (Å²) in [6, 6.07) is 12.5. The van der Waals surface area contributed by atoms with Crippen molar-refractivity contribution in [1.29, 1.82) is 0 Å². The highest BCUT2D eigenvalue weighted by Gasteiger charge is 2.27. The van der Waals surface area contributed by atoms with Crippen molar-refractivity contribution in [3.63, 3.8) is 0 Å². The van der Waals surface area contributed by atoms with Gasteiger partial charge in [0.15, 0.2) is 0 Å². The van der Waals surface area contributed by atoms with E-state index in [-0.39, 0.29) is 11.9 Å². The van der Waals surface area contributed by atoms with E-state index in [2.05, 4.69) is 0 Å². The average molecular weight is 393 g/mol. The summed E-state index contributed by atoms with van der Waals surface area (Å²) in [5, 5.41) is 0.656. The van der Waals surface area contributed by atoms with Crippen LogP contribution in [0, 0.1) is 0 Å². The Morgan fingerprint density at radius 2 is 1.85 bits per heavy atom. The number of hydrogen-bond acceptors (Lipinski definition) is 3. The number of fused-ring (bicyclic) bond motifs is 1. The van der Waals surface area contributed by atoms with Crippen molar-refractivity contribution in [3.8, 4) is 0 Å². The van der Waals surface area contributed by atoms with Crippen molar-refractivity contribution in [2.45, 2.75) is 19.4 Å². The molecule has 0 radical (unpaired) electrons. The number of carbonyl (C=O) groups excluding carboxylic acids is 1. The van der Waals surface area contributed by atoms with E-state index in [1.54, 1.807) is 42.3 Å². The minimum atomic E-state index is -3.29. The first kappa shape index (κ1) is 18.7. The fraction of sp³-hybridized carbons (Fsp3) is 0.316. The van der Waals surface area contributed by atoms with E-state index >= 15 is 0 Å². The monoisotopic (exact) mass is 392 g/mol. The van der Waals surface area contributed by atoms with Crippen LogP contribution in [0.1, 0.15) is 34.5 Å². The molecule has 0 fully saturated rings. The number of amides is 1. The smallest absolute Gasteiger partial charge is 0.254 e. The standard InChI is InChI=1S/C19H21ClN2O3S/c1-13(14-4-7-17(20)8-5-14)21(2)19(23)16-6-9-18-15(12-16)10-11-22(18)26(3,24)25/h4-9,12-13H,10-11H2,1-3H3. The number of anilines is 1. The Hall–Kier alpha value is -2.05. The Kier molecular flexibility index (Phi) is 4.99. The number of nitrogens with zero attached hydrogens (tertiary/aromatic N) is 2. The van der Waals surface area contributed by atoms with E-state index in [1.807, 2.05) is 19.1 Å². The van der Waals surface area contributed by atoms with Crippen LogP contribution in [0.2, 0.25) is 5.02 Å². The van der Waals surface area contributed by atoms with Gasteiger partial charge in [0.1, 0.15) is 0 Å². The Bertz CT molecular complexity index is 942. The quantitative estimate of drug-likeness (QED) is 0.800. The van der Waals surface area contributed by atoms with Crippen molar-refractivity contribution in [2.75, 3.05) is 24.2 Å². The molecule has 1 unspecified atom stereocenters. The first-order valence-electron chi connectivity index (χ1n) is 8.32. The van der Waals surface area contributed by atoms with E-state index in [9.17, 15) is 13.2 Å². The number of halogens is 1. The van der Waals surface area contributed by atoms with Crippen molar-refractivity contribution in [1.82, 2.24) is 4.90 Å². The second-order valence-electron chi connectivity index (χ2n) is 6.57. The zero-order valence-corrected chi connectivity index (χ0v) is 16.5. The lowest BCUT2D eigenvalue weighted by Gasteiger charge is -2.26. The van der Waals surface area contributed by atoms with Gasteiger partial charge < -0.3 is 4.90 Å². The minimum absolute atomic E-state index is 0.104. The van der Waals surface area contributed by atoms with Gasteiger partial charge in [-0.05, 0) is 54.8 Å². The summed E-state index contributed by atoms with van der Waals surface area (Å²) in [4.78, 5) is 14.5.